The molecule has 0 aliphatic carbocycles. The molecule has 2 N–H and O–H groups in total. The number of ketones is 1. The molecule has 1 aliphatic heterocycles. The molecule has 0 amide bonds. The molecule has 8 heteroatoms. The molecular formula is C31H42O8. The molecule has 8 nitrogen and oxygen atoms in total. The van der Waals surface area contributed by atoms with Gasteiger partial charge < -0.3 is 29.2 Å². The fourth-order valence-corrected chi connectivity index (χ4v) is 4.82. The van der Waals surface area contributed by atoms with Crippen LogP contribution in [0.25, 0.3) is 0 Å². The third kappa shape index (κ3) is 7.66. The molecule has 0 saturated carbocycles. The monoisotopic (exact) mass is 542 g/mol. The summed E-state index contributed by atoms with van der Waals surface area (Å²) in [7, 11) is 0. The average Bonchev–Trinajstić information content (AvgIpc) is 2.90. The minimum absolute atomic E-state index is 0.0215. The van der Waals surface area contributed by atoms with Crippen LogP contribution in [0.1, 0.15) is 99.4 Å². The third-order valence-corrected chi connectivity index (χ3v) is 6.78. The quantitative estimate of drug-likeness (QED) is 0.163. The first-order chi connectivity index (χ1) is 18.8. The molecule has 2 aromatic rings. The van der Waals surface area contributed by atoms with E-state index in [9.17, 15) is 19.8 Å². The standard InChI is InChI=1S/C31H42O8/c1-5-11-23-26(15-13-21(20(4)32)29(23)34)37-17-9-8-10-18-38-27-16-14-22-25(33)19-28(31(35)36-7-3)39-30(22)24(27)12-6-2/h13-16,25,28,33-34H,5-12,17-19H2,1-4H3. The summed E-state index contributed by atoms with van der Waals surface area (Å²) in [6, 6.07) is 7.06. The van der Waals surface area contributed by atoms with Gasteiger partial charge in [0.2, 0.25) is 0 Å². The number of unbranched alkanes of at least 4 members (excludes halogenated alkanes) is 2. The maximum Gasteiger partial charge on any atom is 0.347 e. The van der Waals surface area contributed by atoms with Crippen molar-refractivity contribution >= 4 is 11.8 Å². The molecule has 0 bridgehead atoms. The fourth-order valence-electron chi connectivity index (χ4n) is 4.82. The molecular weight excluding hydrogens is 500 g/mol. The minimum atomic E-state index is -0.836. The number of hydrogen-bond donors (Lipinski definition) is 2. The maximum absolute atomic E-state index is 12.3. The van der Waals surface area contributed by atoms with E-state index in [-0.39, 0.29) is 24.6 Å². The van der Waals surface area contributed by atoms with E-state index >= 15 is 0 Å². The van der Waals surface area contributed by atoms with Gasteiger partial charge in [-0.15, -0.1) is 0 Å². The molecule has 2 aromatic carbocycles. The summed E-state index contributed by atoms with van der Waals surface area (Å²) in [6.45, 7) is 8.53. The predicted octanol–water partition coefficient (Wildman–Crippen LogP) is 5.88. The molecule has 3 rings (SSSR count). The second-order valence-electron chi connectivity index (χ2n) is 9.82. The second kappa shape index (κ2) is 14.8. The van der Waals surface area contributed by atoms with E-state index in [1.165, 1.54) is 6.92 Å². The topological polar surface area (TPSA) is 112 Å². The van der Waals surface area contributed by atoms with Crippen LogP contribution in [0.5, 0.6) is 23.0 Å². The Bertz CT molecular complexity index is 1130. The summed E-state index contributed by atoms with van der Waals surface area (Å²) < 4.78 is 23.2. The Labute approximate surface area is 231 Å². The van der Waals surface area contributed by atoms with Gasteiger partial charge >= 0.3 is 5.97 Å². The van der Waals surface area contributed by atoms with E-state index < -0.39 is 18.2 Å². The van der Waals surface area contributed by atoms with Crippen LogP contribution in [0.15, 0.2) is 24.3 Å². The van der Waals surface area contributed by atoms with E-state index in [0.717, 1.165) is 37.7 Å². The number of aliphatic hydroxyl groups is 1. The van der Waals surface area contributed by atoms with Crippen LogP contribution in [0.4, 0.5) is 0 Å². The highest BCUT2D eigenvalue weighted by Gasteiger charge is 2.35. The summed E-state index contributed by atoms with van der Waals surface area (Å²) >= 11 is 0. The van der Waals surface area contributed by atoms with Gasteiger partial charge in [0.25, 0.3) is 0 Å². The number of Topliss-reactive ketones (excluding diaryl/α,β-unsaturated/α-hetero) is 1. The minimum Gasteiger partial charge on any atom is -0.507 e. The Morgan fingerprint density at radius 1 is 0.923 bits per heavy atom. The van der Waals surface area contributed by atoms with Crippen molar-refractivity contribution in [1.82, 2.24) is 0 Å². The van der Waals surface area contributed by atoms with E-state index in [1.807, 2.05) is 19.1 Å². The Hall–Kier alpha value is -3.26. The maximum atomic E-state index is 12.3. The molecule has 0 radical (unpaired) electrons. The summed E-state index contributed by atoms with van der Waals surface area (Å²) in [6.07, 6.45) is 4.07. The highest BCUT2D eigenvalue weighted by Crippen LogP contribution is 2.42. The first kappa shape index (κ1) is 30.3. The Morgan fingerprint density at radius 3 is 2.15 bits per heavy atom. The van der Waals surface area contributed by atoms with Gasteiger partial charge in [-0.3, -0.25) is 4.79 Å². The Morgan fingerprint density at radius 2 is 1.54 bits per heavy atom. The van der Waals surface area contributed by atoms with Gasteiger partial charge in [0.05, 0.1) is 31.5 Å². The van der Waals surface area contributed by atoms with Crippen molar-refractivity contribution in [2.45, 2.75) is 91.3 Å². The number of rotatable bonds is 15. The molecule has 0 spiro atoms. The molecule has 2 unspecified atom stereocenters. The van der Waals surface area contributed by atoms with Gasteiger partial charge in [-0.1, -0.05) is 26.7 Å². The van der Waals surface area contributed by atoms with Crippen molar-refractivity contribution in [3.8, 4) is 23.0 Å². The van der Waals surface area contributed by atoms with Crippen molar-refractivity contribution in [3.63, 3.8) is 0 Å². The molecule has 0 aromatic heterocycles. The zero-order valence-corrected chi connectivity index (χ0v) is 23.6. The number of hydrogen-bond acceptors (Lipinski definition) is 8. The van der Waals surface area contributed by atoms with Crippen molar-refractivity contribution in [2.75, 3.05) is 19.8 Å². The first-order valence-electron chi connectivity index (χ1n) is 14.1. The lowest BCUT2D eigenvalue weighted by Crippen LogP contribution is -2.35. The van der Waals surface area contributed by atoms with Gasteiger partial charge in [0.1, 0.15) is 23.0 Å². The number of benzene rings is 2. The number of aliphatic hydroxyl groups excluding tert-OH is 1. The van der Waals surface area contributed by atoms with Gasteiger partial charge in [0.15, 0.2) is 11.9 Å². The van der Waals surface area contributed by atoms with E-state index in [4.69, 9.17) is 18.9 Å². The highest BCUT2D eigenvalue weighted by atomic mass is 16.6. The normalized spacial score (nSPS) is 16.2. The molecule has 0 saturated heterocycles. The highest BCUT2D eigenvalue weighted by molar-refractivity contribution is 5.97. The van der Waals surface area contributed by atoms with Crippen LogP contribution in [-0.2, 0) is 22.4 Å². The number of carbonyl (C=O) groups is 2. The Balaban J connectivity index is 1.55. The fraction of sp³-hybridized carbons (Fsp3) is 0.548. The van der Waals surface area contributed by atoms with Crippen LogP contribution < -0.4 is 14.2 Å². The van der Waals surface area contributed by atoms with Crippen LogP contribution in [0, 0.1) is 0 Å². The van der Waals surface area contributed by atoms with Crippen molar-refractivity contribution in [3.05, 3.63) is 46.5 Å². The molecule has 1 aliphatic rings. The summed E-state index contributed by atoms with van der Waals surface area (Å²) in [5.74, 6) is 1.24. The molecule has 2 atom stereocenters. The van der Waals surface area contributed by atoms with Crippen molar-refractivity contribution < 1.29 is 38.7 Å². The van der Waals surface area contributed by atoms with Crippen LogP contribution >= 0.6 is 0 Å². The zero-order chi connectivity index (χ0) is 28.4. The smallest absolute Gasteiger partial charge is 0.347 e. The van der Waals surface area contributed by atoms with Gasteiger partial charge in [-0.05, 0) is 70.2 Å². The summed E-state index contributed by atoms with van der Waals surface area (Å²) in [5, 5.41) is 21.1. The SMILES string of the molecule is CCCc1c(OCCCCCOc2ccc3c(c2CCC)OC(C(=O)OCC)CC3O)ccc(C(C)=O)c1O. The number of ether oxygens (including phenoxy) is 4. The lowest BCUT2D eigenvalue weighted by molar-refractivity contribution is -0.154. The molecule has 214 valence electrons. The van der Waals surface area contributed by atoms with E-state index in [0.29, 0.717) is 60.0 Å². The van der Waals surface area contributed by atoms with Crippen LogP contribution in [0.2, 0.25) is 0 Å². The average molecular weight is 543 g/mol. The van der Waals surface area contributed by atoms with E-state index in [1.54, 1.807) is 19.1 Å². The number of fused-ring (bicyclic) bond motifs is 1. The second-order valence-corrected chi connectivity index (χ2v) is 9.82. The van der Waals surface area contributed by atoms with E-state index in [2.05, 4.69) is 6.92 Å². The van der Waals surface area contributed by atoms with Crippen LogP contribution in [-0.4, -0.2) is 47.9 Å². The number of phenols is 1. The predicted molar refractivity (Wildman–Crippen MR) is 148 cm³/mol. The van der Waals surface area contributed by atoms with Gasteiger partial charge in [0, 0.05) is 23.1 Å². The zero-order valence-electron chi connectivity index (χ0n) is 23.6. The number of esters is 1. The van der Waals surface area contributed by atoms with Crippen LogP contribution in [0.3, 0.4) is 0 Å². The largest absolute Gasteiger partial charge is 0.507 e. The third-order valence-electron chi connectivity index (χ3n) is 6.78. The molecule has 39 heavy (non-hydrogen) atoms. The van der Waals surface area contributed by atoms with Crippen molar-refractivity contribution in [1.29, 1.82) is 0 Å². The van der Waals surface area contributed by atoms with Gasteiger partial charge in [-0.2, -0.15) is 0 Å². The van der Waals surface area contributed by atoms with Crippen molar-refractivity contribution in [2.24, 2.45) is 0 Å². The molecule has 0 fully saturated rings. The van der Waals surface area contributed by atoms with Gasteiger partial charge in [-0.25, -0.2) is 4.79 Å². The number of phenolic OH excluding ortho intramolecular Hbond substituents is 1. The number of carbonyl (C=O) groups excluding carboxylic acids is 2. The number of aromatic hydroxyl groups is 1. The lowest BCUT2D eigenvalue weighted by atomic mass is 9.94. The summed E-state index contributed by atoms with van der Waals surface area (Å²) in [5.41, 5.74) is 2.54. The first-order valence-corrected chi connectivity index (χ1v) is 14.1. The Kier molecular flexibility index (Phi) is 11.5. The molecule has 1 heterocycles. The summed E-state index contributed by atoms with van der Waals surface area (Å²) in [4.78, 5) is 24.0. The lowest BCUT2D eigenvalue weighted by Gasteiger charge is -2.30.